The van der Waals surface area contributed by atoms with Crippen molar-refractivity contribution < 1.29 is 9.53 Å². The summed E-state index contributed by atoms with van der Waals surface area (Å²) in [5.41, 5.74) is 7.99. The van der Waals surface area contributed by atoms with Crippen LogP contribution in [0, 0.1) is 19.3 Å². The molecule has 0 spiro atoms. The third-order valence-electron chi connectivity index (χ3n) is 3.89. The van der Waals surface area contributed by atoms with E-state index >= 15 is 0 Å². The van der Waals surface area contributed by atoms with Gasteiger partial charge in [0, 0.05) is 18.9 Å². The van der Waals surface area contributed by atoms with Crippen molar-refractivity contribution in [2.45, 2.75) is 26.7 Å². The number of carbonyl (C=O) groups excluding carboxylic acids is 1. The van der Waals surface area contributed by atoms with Gasteiger partial charge in [0.15, 0.2) is 0 Å². The summed E-state index contributed by atoms with van der Waals surface area (Å²) < 4.78 is 5.32. The quantitative estimate of drug-likeness (QED) is 0.839. The summed E-state index contributed by atoms with van der Waals surface area (Å²) in [7, 11) is 0. The molecular weight excluding hydrogens is 272 g/mol. The molecule has 1 aromatic rings. The maximum absolute atomic E-state index is 12.7. The number of carbonyl (C=O) groups is 1. The number of nitrogens with two attached hydrogens (primary N) is 1. The van der Waals surface area contributed by atoms with Crippen LogP contribution in [0.25, 0.3) is 0 Å². The number of rotatable bonds is 3. The van der Waals surface area contributed by atoms with E-state index in [0.717, 1.165) is 16.8 Å². The maximum atomic E-state index is 12.7. The summed E-state index contributed by atoms with van der Waals surface area (Å²) in [6.07, 6.45) is 1.08. The molecule has 0 unspecified atom stereocenters. The molecule has 0 bridgehead atoms. The minimum atomic E-state index is -0.788. The van der Waals surface area contributed by atoms with Crippen LogP contribution in [0.2, 0.25) is 0 Å². The average Bonchev–Trinajstić information content (AvgIpc) is 2.43. The van der Waals surface area contributed by atoms with Gasteiger partial charge in [-0.1, -0.05) is 24.4 Å². The number of nitrogens with one attached hydrogen (secondary N) is 1. The highest BCUT2D eigenvalue weighted by Crippen LogP contribution is 2.33. The Labute approximate surface area is 124 Å². The van der Waals surface area contributed by atoms with Crippen molar-refractivity contribution in [1.82, 2.24) is 0 Å². The van der Waals surface area contributed by atoms with Gasteiger partial charge in [-0.15, -0.1) is 0 Å². The number of aryl methyl sites for hydroxylation is 2. The molecule has 1 amide bonds. The van der Waals surface area contributed by atoms with Crippen molar-refractivity contribution in [3.05, 3.63) is 29.3 Å². The Morgan fingerprint density at radius 3 is 2.60 bits per heavy atom. The summed E-state index contributed by atoms with van der Waals surface area (Å²) in [4.78, 5) is 12.9. The lowest BCUT2D eigenvalue weighted by molar-refractivity contribution is -0.126. The minimum Gasteiger partial charge on any atom is -0.392 e. The maximum Gasteiger partial charge on any atom is 0.237 e. The molecule has 5 heteroatoms. The zero-order valence-corrected chi connectivity index (χ0v) is 12.7. The molecule has 108 valence electrons. The van der Waals surface area contributed by atoms with Crippen LogP contribution in [0.15, 0.2) is 18.2 Å². The molecule has 0 atom stereocenters. The monoisotopic (exact) mass is 292 g/mol. The summed E-state index contributed by atoms with van der Waals surface area (Å²) in [6.45, 7) is 4.98. The van der Waals surface area contributed by atoms with E-state index in [9.17, 15) is 4.79 Å². The van der Waals surface area contributed by atoms with Crippen molar-refractivity contribution in [2.75, 3.05) is 18.5 Å². The lowest BCUT2D eigenvalue weighted by atomic mass is 9.79. The van der Waals surface area contributed by atoms with E-state index in [4.69, 9.17) is 22.7 Å². The predicted molar refractivity (Wildman–Crippen MR) is 83.8 cm³/mol. The Morgan fingerprint density at radius 1 is 1.35 bits per heavy atom. The molecule has 1 fully saturated rings. The van der Waals surface area contributed by atoms with Crippen LogP contribution in [-0.4, -0.2) is 24.1 Å². The molecule has 0 radical (unpaired) electrons. The number of ether oxygens (including phenoxy) is 1. The van der Waals surface area contributed by atoms with Gasteiger partial charge in [-0.05, 0) is 43.9 Å². The zero-order valence-electron chi connectivity index (χ0n) is 11.9. The van der Waals surface area contributed by atoms with Crippen LogP contribution >= 0.6 is 12.2 Å². The van der Waals surface area contributed by atoms with Gasteiger partial charge in [-0.3, -0.25) is 4.79 Å². The molecule has 1 aliphatic heterocycles. The number of anilines is 1. The van der Waals surface area contributed by atoms with E-state index in [1.54, 1.807) is 0 Å². The molecule has 1 saturated heterocycles. The molecule has 1 aromatic carbocycles. The van der Waals surface area contributed by atoms with Gasteiger partial charge < -0.3 is 15.8 Å². The van der Waals surface area contributed by atoms with Crippen molar-refractivity contribution in [3.63, 3.8) is 0 Å². The van der Waals surface area contributed by atoms with E-state index in [-0.39, 0.29) is 10.9 Å². The third kappa shape index (κ3) is 2.83. The second-order valence-electron chi connectivity index (χ2n) is 5.33. The first-order valence-electron chi connectivity index (χ1n) is 6.72. The molecule has 4 nitrogen and oxygen atoms in total. The lowest BCUT2D eigenvalue weighted by Gasteiger charge is -2.34. The molecule has 0 saturated carbocycles. The van der Waals surface area contributed by atoms with Gasteiger partial charge in [0.2, 0.25) is 5.91 Å². The summed E-state index contributed by atoms with van der Waals surface area (Å²) in [5.74, 6) is -0.123. The van der Waals surface area contributed by atoms with Gasteiger partial charge in [-0.2, -0.15) is 0 Å². The van der Waals surface area contributed by atoms with Crippen LogP contribution in [0.5, 0.6) is 0 Å². The zero-order chi connectivity index (χ0) is 14.8. The van der Waals surface area contributed by atoms with E-state index in [1.165, 1.54) is 0 Å². The molecule has 1 aliphatic rings. The fraction of sp³-hybridized carbons (Fsp3) is 0.467. The van der Waals surface area contributed by atoms with Crippen LogP contribution in [0.3, 0.4) is 0 Å². The number of thiocarbonyl (C=S) groups is 1. The Hall–Kier alpha value is -1.46. The Bertz CT molecular complexity index is 537. The van der Waals surface area contributed by atoms with E-state index in [1.807, 2.05) is 32.0 Å². The Morgan fingerprint density at radius 2 is 2.00 bits per heavy atom. The number of hydrogen-bond donors (Lipinski definition) is 2. The summed E-state index contributed by atoms with van der Waals surface area (Å²) >= 11 is 5.14. The first-order chi connectivity index (χ1) is 9.45. The smallest absolute Gasteiger partial charge is 0.237 e. The highest BCUT2D eigenvalue weighted by molar-refractivity contribution is 7.80. The van der Waals surface area contributed by atoms with Gasteiger partial charge in [0.25, 0.3) is 0 Å². The Balaban J connectivity index is 2.25. The molecular formula is C15H20N2O2S. The van der Waals surface area contributed by atoms with Crippen molar-refractivity contribution in [3.8, 4) is 0 Å². The topological polar surface area (TPSA) is 64.4 Å². The van der Waals surface area contributed by atoms with Gasteiger partial charge in [0.05, 0.1) is 4.99 Å². The van der Waals surface area contributed by atoms with Crippen LogP contribution in [0.4, 0.5) is 5.69 Å². The molecule has 0 aliphatic carbocycles. The Kier molecular flexibility index (Phi) is 4.40. The van der Waals surface area contributed by atoms with E-state index in [2.05, 4.69) is 5.32 Å². The van der Waals surface area contributed by atoms with Crippen molar-refractivity contribution in [2.24, 2.45) is 11.1 Å². The molecule has 2 rings (SSSR count). The minimum absolute atomic E-state index is 0.123. The molecule has 3 N–H and O–H groups in total. The normalized spacial score (nSPS) is 17.5. The highest BCUT2D eigenvalue weighted by Gasteiger charge is 2.43. The van der Waals surface area contributed by atoms with E-state index < -0.39 is 5.41 Å². The SMILES string of the molecule is Cc1ccc(C)c(NC(=O)C2(C(N)=S)CCOCC2)c1. The average molecular weight is 292 g/mol. The fourth-order valence-electron chi connectivity index (χ4n) is 2.42. The summed E-state index contributed by atoms with van der Waals surface area (Å²) in [6, 6.07) is 5.96. The number of amides is 1. The fourth-order valence-corrected chi connectivity index (χ4v) is 2.71. The molecule has 20 heavy (non-hydrogen) atoms. The number of hydrogen-bond acceptors (Lipinski definition) is 3. The predicted octanol–water partition coefficient (Wildman–Crippen LogP) is 2.32. The second kappa shape index (κ2) is 5.89. The van der Waals surface area contributed by atoms with Gasteiger partial charge in [-0.25, -0.2) is 0 Å². The van der Waals surface area contributed by atoms with Gasteiger partial charge in [0.1, 0.15) is 5.41 Å². The molecule has 0 aromatic heterocycles. The highest BCUT2D eigenvalue weighted by atomic mass is 32.1. The van der Waals surface area contributed by atoms with Crippen LogP contribution in [0.1, 0.15) is 24.0 Å². The van der Waals surface area contributed by atoms with Gasteiger partial charge >= 0.3 is 0 Å². The van der Waals surface area contributed by atoms with Crippen LogP contribution < -0.4 is 11.1 Å². The van der Waals surface area contributed by atoms with Crippen molar-refractivity contribution >= 4 is 28.8 Å². The second-order valence-corrected chi connectivity index (χ2v) is 5.77. The first-order valence-corrected chi connectivity index (χ1v) is 7.13. The lowest BCUT2D eigenvalue weighted by Crippen LogP contribution is -2.49. The van der Waals surface area contributed by atoms with E-state index in [0.29, 0.717) is 26.1 Å². The number of benzene rings is 1. The third-order valence-corrected chi connectivity index (χ3v) is 4.28. The van der Waals surface area contributed by atoms with Crippen LogP contribution in [-0.2, 0) is 9.53 Å². The first kappa shape index (κ1) is 14.9. The largest absolute Gasteiger partial charge is 0.392 e. The van der Waals surface area contributed by atoms with Crippen molar-refractivity contribution in [1.29, 1.82) is 0 Å². The summed E-state index contributed by atoms with van der Waals surface area (Å²) in [5, 5.41) is 2.98. The standard InChI is InChI=1S/C15H20N2O2S/c1-10-3-4-11(2)12(9-10)17-14(18)15(13(16)20)5-7-19-8-6-15/h3-4,9H,5-8H2,1-2H3,(H2,16,20)(H,17,18). The molecule has 1 heterocycles.